The Hall–Kier alpha value is -0.700. The lowest BCUT2D eigenvalue weighted by atomic mass is 10.1. The SMILES string of the molecule is O=C(O)C1CCCCN1S(=O)(=O)NCCCCCCO. The Labute approximate surface area is 120 Å². The van der Waals surface area contributed by atoms with Gasteiger partial charge in [0.1, 0.15) is 6.04 Å². The molecule has 1 fully saturated rings. The largest absolute Gasteiger partial charge is 0.480 e. The van der Waals surface area contributed by atoms with Gasteiger partial charge in [-0.15, -0.1) is 0 Å². The minimum absolute atomic E-state index is 0.153. The lowest BCUT2D eigenvalue weighted by molar-refractivity contribution is -0.142. The van der Waals surface area contributed by atoms with E-state index < -0.39 is 22.2 Å². The van der Waals surface area contributed by atoms with Crippen molar-refractivity contribution >= 4 is 16.2 Å². The van der Waals surface area contributed by atoms with Crippen molar-refractivity contribution in [1.29, 1.82) is 0 Å². The predicted molar refractivity (Wildman–Crippen MR) is 74.5 cm³/mol. The smallest absolute Gasteiger partial charge is 0.322 e. The van der Waals surface area contributed by atoms with E-state index in [1.165, 1.54) is 0 Å². The second kappa shape index (κ2) is 8.56. The zero-order chi connectivity index (χ0) is 15.0. The van der Waals surface area contributed by atoms with Crippen LogP contribution in [0.25, 0.3) is 0 Å². The van der Waals surface area contributed by atoms with Crippen molar-refractivity contribution in [2.75, 3.05) is 19.7 Å². The van der Waals surface area contributed by atoms with E-state index in [1.807, 2.05) is 0 Å². The number of unbranched alkanes of at least 4 members (excludes halogenated alkanes) is 3. The van der Waals surface area contributed by atoms with Crippen molar-refractivity contribution in [3.8, 4) is 0 Å². The molecule has 1 heterocycles. The number of aliphatic hydroxyl groups excluding tert-OH is 1. The van der Waals surface area contributed by atoms with Crippen LogP contribution in [0.2, 0.25) is 0 Å². The molecule has 0 aromatic carbocycles. The van der Waals surface area contributed by atoms with Gasteiger partial charge in [-0.2, -0.15) is 12.7 Å². The molecule has 1 aliphatic rings. The molecule has 1 atom stereocenters. The molecule has 0 amide bonds. The second-order valence-corrected chi connectivity index (χ2v) is 6.71. The monoisotopic (exact) mass is 308 g/mol. The number of hydrogen-bond acceptors (Lipinski definition) is 4. The molecule has 0 aliphatic carbocycles. The normalized spacial score (nSPS) is 20.9. The maximum absolute atomic E-state index is 12.1. The number of carboxylic acid groups (broad SMARTS) is 1. The minimum atomic E-state index is -3.72. The number of carboxylic acids is 1. The fraction of sp³-hybridized carbons (Fsp3) is 0.917. The molecule has 0 aromatic heterocycles. The number of nitrogens with zero attached hydrogens (tertiary/aromatic N) is 1. The Bertz CT molecular complexity index is 399. The van der Waals surface area contributed by atoms with Crippen molar-refractivity contribution in [2.24, 2.45) is 0 Å². The number of nitrogens with one attached hydrogen (secondary N) is 1. The van der Waals surface area contributed by atoms with Gasteiger partial charge in [-0.1, -0.05) is 12.8 Å². The van der Waals surface area contributed by atoms with E-state index >= 15 is 0 Å². The molecule has 118 valence electrons. The van der Waals surface area contributed by atoms with E-state index in [0.29, 0.717) is 25.8 Å². The van der Waals surface area contributed by atoms with E-state index in [0.717, 1.165) is 30.0 Å². The Kier molecular flexibility index (Phi) is 7.42. The lowest BCUT2D eigenvalue weighted by Crippen LogP contribution is -2.52. The summed E-state index contributed by atoms with van der Waals surface area (Å²) in [6.45, 7) is 0.715. The van der Waals surface area contributed by atoms with Crippen LogP contribution in [0.3, 0.4) is 0 Å². The molecule has 0 saturated carbocycles. The summed E-state index contributed by atoms with van der Waals surface area (Å²) < 4.78 is 27.7. The van der Waals surface area contributed by atoms with Crippen LogP contribution in [0.1, 0.15) is 44.9 Å². The van der Waals surface area contributed by atoms with Gasteiger partial charge in [-0.05, 0) is 32.1 Å². The molecule has 1 aliphatic heterocycles. The fourth-order valence-electron chi connectivity index (χ4n) is 2.31. The predicted octanol–water partition coefficient (Wildman–Crippen LogP) is 0.313. The number of hydrogen-bond donors (Lipinski definition) is 3. The van der Waals surface area contributed by atoms with Crippen LogP contribution in [-0.2, 0) is 15.0 Å². The first-order chi connectivity index (χ1) is 9.49. The molecule has 0 aromatic rings. The van der Waals surface area contributed by atoms with Crippen molar-refractivity contribution in [1.82, 2.24) is 9.03 Å². The van der Waals surface area contributed by atoms with Gasteiger partial charge in [0.05, 0.1) is 0 Å². The van der Waals surface area contributed by atoms with E-state index in [1.54, 1.807) is 0 Å². The van der Waals surface area contributed by atoms with Crippen LogP contribution in [0.5, 0.6) is 0 Å². The standard InChI is InChI=1S/C12H24N2O5S/c15-10-6-2-1-4-8-13-20(18,19)14-9-5-3-7-11(14)12(16)17/h11,13,15H,1-10H2,(H,16,17). The summed E-state index contributed by atoms with van der Waals surface area (Å²) in [6.07, 6.45) is 4.91. The van der Waals surface area contributed by atoms with Gasteiger partial charge >= 0.3 is 5.97 Å². The second-order valence-electron chi connectivity index (χ2n) is 5.00. The van der Waals surface area contributed by atoms with Crippen LogP contribution >= 0.6 is 0 Å². The lowest BCUT2D eigenvalue weighted by Gasteiger charge is -2.31. The molecule has 1 saturated heterocycles. The molecule has 3 N–H and O–H groups in total. The van der Waals surface area contributed by atoms with Crippen LogP contribution in [0.4, 0.5) is 0 Å². The summed E-state index contributed by atoms with van der Waals surface area (Å²) in [5, 5.41) is 17.7. The van der Waals surface area contributed by atoms with Gasteiger partial charge in [0.2, 0.25) is 0 Å². The maximum atomic E-state index is 12.1. The van der Waals surface area contributed by atoms with Crippen LogP contribution in [0, 0.1) is 0 Å². The molecule has 1 rings (SSSR count). The zero-order valence-corrected chi connectivity index (χ0v) is 12.4. The molecule has 7 nitrogen and oxygen atoms in total. The van der Waals surface area contributed by atoms with E-state index in [4.69, 9.17) is 10.2 Å². The zero-order valence-electron chi connectivity index (χ0n) is 11.6. The van der Waals surface area contributed by atoms with Crippen molar-refractivity contribution in [3.63, 3.8) is 0 Å². The summed E-state index contributed by atoms with van der Waals surface area (Å²) in [7, 11) is -3.72. The van der Waals surface area contributed by atoms with Gasteiger partial charge in [0.25, 0.3) is 10.2 Å². The highest BCUT2D eigenvalue weighted by atomic mass is 32.2. The third kappa shape index (κ3) is 5.35. The van der Waals surface area contributed by atoms with E-state index in [9.17, 15) is 13.2 Å². The molecule has 8 heteroatoms. The summed E-state index contributed by atoms with van der Waals surface area (Å²) >= 11 is 0. The number of rotatable bonds is 9. The molecule has 0 spiro atoms. The van der Waals surface area contributed by atoms with Gasteiger partial charge in [0.15, 0.2) is 0 Å². The van der Waals surface area contributed by atoms with Crippen molar-refractivity contribution in [2.45, 2.75) is 51.0 Å². The average Bonchev–Trinajstić information content (AvgIpc) is 2.42. The fourth-order valence-corrected chi connectivity index (χ4v) is 3.78. The summed E-state index contributed by atoms with van der Waals surface area (Å²) in [5.41, 5.74) is 0. The first kappa shape index (κ1) is 17.4. The highest BCUT2D eigenvalue weighted by molar-refractivity contribution is 7.87. The first-order valence-corrected chi connectivity index (χ1v) is 8.53. The summed E-state index contributed by atoms with van der Waals surface area (Å²) in [4.78, 5) is 11.1. The molecule has 1 unspecified atom stereocenters. The highest BCUT2D eigenvalue weighted by Gasteiger charge is 2.36. The average molecular weight is 308 g/mol. The number of piperidine rings is 1. The van der Waals surface area contributed by atoms with Gasteiger partial charge in [0, 0.05) is 19.7 Å². The van der Waals surface area contributed by atoms with Crippen molar-refractivity contribution in [3.05, 3.63) is 0 Å². The molecular formula is C12H24N2O5S. The summed E-state index contributed by atoms with van der Waals surface area (Å²) in [5.74, 6) is -1.09. The van der Waals surface area contributed by atoms with E-state index in [-0.39, 0.29) is 13.2 Å². The number of carbonyl (C=O) groups is 1. The quantitative estimate of drug-likeness (QED) is 0.532. The van der Waals surface area contributed by atoms with Gasteiger partial charge < -0.3 is 10.2 Å². The topological polar surface area (TPSA) is 107 Å². The number of aliphatic hydroxyl groups is 1. The molecular weight excluding hydrogens is 284 g/mol. The van der Waals surface area contributed by atoms with Gasteiger partial charge in [-0.25, -0.2) is 4.72 Å². The Morgan fingerprint density at radius 2 is 1.90 bits per heavy atom. The minimum Gasteiger partial charge on any atom is -0.480 e. The Morgan fingerprint density at radius 3 is 2.55 bits per heavy atom. The first-order valence-electron chi connectivity index (χ1n) is 7.09. The van der Waals surface area contributed by atoms with E-state index in [2.05, 4.69) is 4.72 Å². The number of aliphatic carboxylic acids is 1. The van der Waals surface area contributed by atoms with Crippen LogP contribution < -0.4 is 4.72 Å². The third-order valence-electron chi connectivity index (χ3n) is 3.42. The van der Waals surface area contributed by atoms with Crippen molar-refractivity contribution < 1.29 is 23.4 Å². The molecule has 0 bridgehead atoms. The Balaban J connectivity index is 2.43. The Morgan fingerprint density at radius 1 is 1.20 bits per heavy atom. The third-order valence-corrected chi connectivity index (χ3v) is 5.04. The van der Waals surface area contributed by atoms with Crippen LogP contribution in [0.15, 0.2) is 0 Å². The van der Waals surface area contributed by atoms with Gasteiger partial charge in [-0.3, -0.25) is 4.79 Å². The maximum Gasteiger partial charge on any atom is 0.322 e. The van der Waals surface area contributed by atoms with Crippen LogP contribution in [-0.4, -0.2) is 54.6 Å². The molecule has 20 heavy (non-hydrogen) atoms. The molecule has 0 radical (unpaired) electrons. The summed E-state index contributed by atoms with van der Waals surface area (Å²) in [6, 6.07) is -0.948. The highest BCUT2D eigenvalue weighted by Crippen LogP contribution is 2.19.